The van der Waals surface area contributed by atoms with Crippen LogP contribution in [0.1, 0.15) is 39.0 Å². The van der Waals surface area contributed by atoms with Gasteiger partial charge in [-0.15, -0.1) is 5.10 Å². The Balaban J connectivity index is 1.77. The predicted octanol–water partition coefficient (Wildman–Crippen LogP) is 3.04. The summed E-state index contributed by atoms with van der Waals surface area (Å²) >= 11 is 0. The Morgan fingerprint density at radius 2 is 2.00 bits per heavy atom. The first-order valence-electron chi connectivity index (χ1n) is 7.43. The summed E-state index contributed by atoms with van der Waals surface area (Å²) in [7, 11) is 0. The zero-order valence-corrected chi connectivity index (χ0v) is 11.9. The van der Waals surface area contributed by atoms with Crippen molar-refractivity contribution in [3.05, 3.63) is 30.6 Å². The van der Waals surface area contributed by atoms with E-state index < -0.39 is 0 Å². The molecule has 20 heavy (non-hydrogen) atoms. The lowest BCUT2D eigenvalue weighted by Crippen LogP contribution is -2.28. The quantitative estimate of drug-likeness (QED) is 0.928. The van der Waals surface area contributed by atoms with Gasteiger partial charge >= 0.3 is 0 Å². The SMILES string of the molecule is CC(Nc1ccccc1-n1cnnn1)C1CCCCC1. The van der Waals surface area contributed by atoms with Gasteiger partial charge in [-0.2, -0.15) is 4.68 Å². The lowest BCUT2D eigenvalue weighted by atomic mass is 9.84. The highest BCUT2D eigenvalue weighted by molar-refractivity contribution is 5.60. The minimum Gasteiger partial charge on any atom is -0.381 e. The first-order chi connectivity index (χ1) is 9.84. The van der Waals surface area contributed by atoms with Gasteiger partial charge in [-0.05, 0) is 48.2 Å². The van der Waals surface area contributed by atoms with E-state index in [1.807, 2.05) is 18.2 Å². The molecule has 1 N–H and O–H groups in total. The molecule has 1 aromatic heterocycles. The monoisotopic (exact) mass is 271 g/mol. The molecule has 1 aliphatic carbocycles. The number of aromatic nitrogens is 4. The summed E-state index contributed by atoms with van der Waals surface area (Å²) in [5, 5.41) is 15.1. The third-order valence-corrected chi connectivity index (χ3v) is 4.24. The van der Waals surface area contributed by atoms with E-state index in [0.717, 1.165) is 17.3 Å². The third kappa shape index (κ3) is 2.81. The molecule has 5 heteroatoms. The van der Waals surface area contributed by atoms with Crippen molar-refractivity contribution in [1.29, 1.82) is 0 Å². The summed E-state index contributed by atoms with van der Waals surface area (Å²) in [5.41, 5.74) is 2.10. The van der Waals surface area contributed by atoms with Crippen LogP contribution in [0.4, 0.5) is 5.69 Å². The second kappa shape index (κ2) is 6.03. The summed E-state index contributed by atoms with van der Waals surface area (Å²) in [4.78, 5) is 0. The van der Waals surface area contributed by atoms with Crippen molar-refractivity contribution in [2.24, 2.45) is 5.92 Å². The molecule has 5 nitrogen and oxygen atoms in total. The average molecular weight is 271 g/mol. The van der Waals surface area contributed by atoms with Crippen LogP contribution in [-0.4, -0.2) is 26.2 Å². The lowest BCUT2D eigenvalue weighted by Gasteiger charge is -2.29. The number of hydrogen-bond acceptors (Lipinski definition) is 4. The molecule has 0 radical (unpaired) electrons. The number of nitrogens with zero attached hydrogens (tertiary/aromatic N) is 4. The molecule has 0 aliphatic heterocycles. The van der Waals surface area contributed by atoms with Crippen molar-refractivity contribution in [1.82, 2.24) is 20.2 Å². The van der Waals surface area contributed by atoms with Crippen molar-refractivity contribution in [3.63, 3.8) is 0 Å². The molecule has 106 valence electrons. The van der Waals surface area contributed by atoms with Crippen LogP contribution >= 0.6 is 0 Å². The van der Waals surface area contributed by atoms with Gasteiger partial charge in [0.25, 0.3) is 0 Å². The Morgan fingerprint density at radius 3 is 2.75 bits per heavy atom. The summed E-state index contributed by atoms with van der Waals surface area (Å²) in [6.07, 6.45) is 8.43. The first-order valence-corrected chi connectivity index (χ1v) is 7.43. The van der Waals surface area contributed by atoms with Crippen LogP contribution in [0.2, 0.25) is 0 Å². The van der Waals surface area contributed by atoms with Gasteiger partial charge in [-0.3, -0.25) is 0 Å². The fraction of sp³-hybridized carbons (Fsp3) is 0.533. The number of rotatable bonds is 4. The Labute approximate surface area is 119 Å². The van der Waals surface area contributed by atoms with E-state index in [-0.39, 0.29) is 0 Å². The number of anilines is 1. The van der Waals surface area contributed by atoms with Crippen LogP contribution in [0.3, 0.4) is 0 Å². The number of tetrazole rings is 1. The molecule has 1 aliphatic rings. The van der Waals surface area contributed by atoms with E-state index in [2.05, 4.69) is 33.8 Å². The Bertz CT molecular complexity index is 531. The molecule has 1 unspecified atom stereocenters. The minimum absolute atomic E-state index is 0.480. The largest absolute Gasteiger partial charge is 0.381 e. The zero-order valence-electron chi connectivity index (χ0n) is 11.9. The van der Waals surface area contributed by atoms with Crippen LogP contribution in [0, 0.1) is 5.92 Å². The maximum absolute atomic E-state index is 3.98. The number of para-hydroxylation sites is 2. The lowest BCUT2D eigenvalue weighted by molar-refractivity contribution is 0.328. The van der Waals surface area contributed by atoms with Crippen LogP contribution in [-0.2, 0) is 0 Å². The fourth-order valence-corrected chi connectivity index (χ4v) is 3.06. The van der Waals surface area contributed by atoms with Crippen LogP contribution in [0.5, 0.6) is 0 Å². The summed E-state index contributed by atoms with van der Waals surface area (Å²) < 4.78 is 1.70. The van der Waals surface area contributed by atoms with Gasteiger partial charge in [0.15, 0.2) is 0 Å². The highest BCUT2D eigenvalue weighted by atomic mass is 15.5. The van der Waals surface area contributed by atoms with Crippen molar-refractivity contribution in [3.8, 4) is 5.69 Å². The fourth-order valence-electron chi connectivity index (χ4n) is 3.06. The van der Waals surface area contributed by atoms with Gasteiger partial charge < -0.3 is 5.32 Å². The molecule has 1 atom stereocenters. The molecule has 0 amide bonds. The Hall–Kier alpha value is -1.91. The summed E-state index contributed by atoms with van der Waals surface area (Å²) in [6, 6.07) is 8.66. The maximum Gasteiger partial charge on any atom is 0.143 e. The van der Waals surface area contributed by atoms with Crippen molar-refractivity contribution < 1.29 is 0 Å². The van der Waals surface area contributed by atoms with E-state index >= 15 is 0 Å². The van der Waals surface area contributed by atoms with Gasteiger partial charge in [0.2, 0.25) is 0 Å². The second-order valence-electron chi connectivity index (χ2n) is 5.60. The smallest absolute Gasteiger partial charge is 0.143 e. The third-order valence-electron chi connectivity index (χ3n) is 4.24. The number of benzene rings is 1. The highest BCUT2D eigenvalue weighted by Gasteiger charge is 2.20. The van der Waals surface area contributed by atoms with E-state index in [0.29, 0.717) is 6.04 Å². The molecule has 3 rings (SSSR count). The molecule has 2 aromatic rings. The first kappa shape index (κ1) is 13.1. The molecule has 0 spiro atoms. The normalized spacial score (nSPS) is 17.9. The molecule has 1 fully saturated rings. The molecular weight excluding hydrogens is 250 g/mol. The second-order valence-corrected chi connectivity index (χ2v) is 5.60. The minimum atomic E-state index is 0.480. The Morgan fingerprint density at radius 1 is 1.20 bits per heavy atom. The van der Waals surface area contributed by atoms with Crippen molar-refractivity contribution in [2.45, 2.75) is 45.1 Å². The molecule has 0 bridgehead atoms. The number of nitrogens with one attached hydrogen (secondary N) is 1. The van der Waals surface area contributed by atoms with E-state index in [1.165, 1.54) is 32.1 Å². The van der Waals surface area contributed by atoms with Crippen LogP contribution in [0.25, 0.3) is 5.69 Å². The molecule has 1 heterocycles. The predicted molar refractivity (Wildman–Crippen MR) is 78.8 cm³/mol. The van der Waals surface area contributed by atoms with Crippen molar-refractivity contribution in [2.75, 3.05) is 5.32 Å². The van der Waals surface area contributed by atoms with Crippen molar-refractivity contribution >= 4 is 5.69 Å². The van der Waals surface area contributed by atoms with Gasteiger partial charge in [0, 0.05) is 6.04 Å². The molecule has 1 saturated carbocycles. The molecular formula is C15H21N5. The Kier molecular flexibility index (Phi) is 3.95. The highest BCUT2D eigenvalue weighted by Crippen LogP contribution is 2.29. The van der Waals surface area contributed by atoms with Crippen LogP contribution in [0.15, 0.2) is 30.6 Å². The van der Waals surface area contributed by atoms with E-state index in [1.54, 1.807) is 11.0 Å². The molecule has 0 saturated heterocycles. The van der Waals surface area contributed by atoms with Gasteiger partial charge in [-0.25, -0.2) is 0 Å². The number of hydrogen-bond donors (Lipinski definition) is 1. The summed E-state index contributed by atoms with van der Waals surface area (Å²) in [5.74, 6) is 0.769. The summed E-state index contributed by atoms with van der Waals surface area (Å²) in [6.45, 7) is 2.28. The van der Waals surface area contributed by atoms with Gasteiger partial charge in [-0.1, -0.05) is 31.4 Å². The standard InChI is InChI=1S/C15H21N5/c1-12(13-7-3-2-4-8-13)17-14-9-5-6-10-15(14)20-11-16-18-19-20/h5-6,9-13,17H,2-4,7-8H2,1H3. The van der Waals surface area contributed by atoms with E-state index in [9.17, 15) is 0 Å². The van der Waals surface area contributed by atoms with Gasteiger partial charge in [0.1, 0.15) is 6.33 Å². The zero-order chi connectivity index (χ0) is 13.8. The van der Waals surface area contributed by atoms with E-state index in [4.69, 9.17) is 0 Å². The maximum atomic E-state index is 3.98. The average Bonchev–Trinajstić information content (AvgIpc) is 3.03. The topological polar surface area (TPSA) is 55.6 Å². The molecule has 1 aromatic carbocycles. The van der Waals surface area contributed by atoms with Gasteiger partial charge in [0.05, 0.1) is 11.4 Å². The van der Waals surface area contributed by atoms with Crippen LogP contribution < -0.4 is 5.32 Å².